The summed E-state index contributed by atoms with van der Waals surface area (Å²) in [5, 5.41) is 17.4. The monoisotopic (exact) mass is 362 g/mol. The quantitative estimate of drug-likeness (QED) is 0.488. The lowest BCUT2D eigenvalue weighted by molar-refractivity contribution is -0.143. The van der Waals surface area contributed by atoms with E-state index in [2.05, 4.69) is 4.99 Å². The Morgan fingerprint density at radius 2 is 2.09 bits per heavy atom. The third-order valence-electron chi connectivity index (χ3n) is 2.39. The van der Waals surface area contributed by atoms with Gasteiger partial charge in [0, 0.05) is 6.21 Å². The van der Waals surface area contributed by atoms with Crippen molar-refractivity contribution in [2.75, 3.05) is 6.61 Å². The average Bonchev–Trinajstić information content (AvgIpc) is 2.45. The van der Waals surface area contributed by atoms with Gasteiger partial charge >= 0.3 is 11.9 Å². The largest absolute Gasteiger partial charge is 0.478 e. The number of hydrogen-bond acceptors (Lipinski definition) is 5. The van der Waals surface area contributed by atoms with E-state index in [9.17, 15) is 9.59 Å². The molecule has 0 saturated carbocycles. The van der Waals surface area contributed by atoms with Gasteiger partial charge in [-0.25, -0.2) is 4.79 Å². The second-order valence-electron chi connectivity index (χ2n) is 3.82. The topological polar surface area (TPSA) is 99.8 Å². The van der Waals surface area contributed by atoms with Crippen molar-refractivity contribution in [1.29, 1.82) is 5.26 Å². The number of ether oxygens (including phenoxy) is 1. The molecular weight excluding hydrogens is 355 g/mol. The third-order valence-corrected chi connectivity index (χ3v) is 3.56. The Morgan fingerprint density at radius 1 is 1.45 bits per heavy atom. The summed E-state index contributed by atoms with van der Waals surface area (Å²) in [7, 11) is 0. The molecule has 1 aromatic rings. The minimum atomic E-state index is -1.38. The fraction of sp³-hybridized carbons (Fsp3) is 0.231. The fourth-order valence-electron chi connectivity index (χ4n) is 1.41. The van der Waals surface area contributed by atoms with Crippen molar-refractivity contribution < 1.29 is 19.4 Å². The van der Waals surface area contributed by atoms with E-state index in [0.29, 0.717) is 0 Å². The van der Waals surface area contributed by atoms with Crippen molar-refractivity contribution in [2.24, 2.45) is 10.9 Å². The van der Waals surface area contributed by atoms with Crippen LogP contribution in [0.15, 0.2) is 11.1 Å². The SMILES string of the molecule is CCOC(=O)C(C#N)C=Nc1cc(Cl)c(Cl)c(C(=O)O)c1Cl. The number of benzene rings is 1. The maximum Gasteiger partial charge on any atom is 0.338 e. The van der Waals surface area contributed by atoms with Gasteiger partial charge in [-0.15, -0.1) is 0 Å². The number of nitriles is 1. The van der Waals surface area contributed by atoms with E-state index in [4.69, 9.17) is 49.9 Å². The molecule has 1 unspecified atom stereocenters. The van der Waals surface area contributed by atoms with Crippen LogP contribution in [0, 0.1) is 17.2 Å². The molecule has 22 heavy (non-hydrogen) atoms. The molecule has 1 atom stereocenters. The summed E-state index contributed by atoms with van der Waals surface area (Å²) in [5.74, 6) is -3.40. The standard InChI is InChI=1S/C13H9Cl3N2O4/c1-2-22-13(21)6(4-17)5-18-8-3-7(14)10(15)9(11(8)16)12(19)20/h3,5-6H,2H2,1H3,(H,19,20). The van der Waals surface area contributed by atoms with Crippen molar-refractivity contribution in [3.63, 3.8) is 0 Å². The molecule has 1 N–H and O–H groups in total. The van der Waals surface area contributed by atoms with Crippen LogP contribution >= 0.6 is 34.8 Å². The van der Waals surface area contributed by atoms with Gasteiger partial charge in [0.05, 0.1) is 33.4 Å². The number of carbonyl (C=O) groups excluding carboxylic acids is 1. The van der Waals surface area contributed by atoms with E-state index >= 15 is 0 Å². The van der Waals surface area contributed by atoms with Crippen molar-refractivity contribution in [3.05, 3.63) is 26.7 Å². The molecule has 0 aromatic heterocycles. The van der Waals surface area contributed by atoms with Crippen molar-refractivity contribution in [2.45, 2.75) is 6.92 Å². The normalized spacial score (nSPS) is 12.0. The van der Waals surface area contributed by atoms with Crippen molar-refractivity contribution in [1.82, 2.24) is 0 Å². The molecule has 0 aliphatic rings. The number of esters is 1. The predicted octanol–water partition coefficient (Wildman–Crippen LogP) is 3.75. The Bertz CT molecular complexity index is 683. The number of carboxylic acid groups (broad SMARTS) is 1. The lowest BCUT2D eigenvalue weighted by Crippen LogP contribution is -2.17. The summed E-state index contributed by atoms with van der Waals surface area (Å²) in [6, 6.07) is 2.93. The minimum Gasteiger partial charge on any atom is -0.478 e. The van der Waals surface area contributed by atoms with Crippen LogP contribution in [-0.4, -0.2) is 29.9 Å². The van der Waals surface area contributed by atoms with Gasteiger partial charge in [0.1, 0.15) is 5.56 Å². The summed E-state index contributed by atoms with van der Waals surface area (Å²) in [4.78, 5) is 26.4. The molecular formula is C13H9Cl3N2O4. The Morgan fingerprint density at radius 3 is 2.59 bits per heavy atom. The Labute approximate surface area is 140 Å². The van der Waals surface area contributed by atoms with Crippen LogP contribution in [0.1, 0.15) is 17.3 Å². The second kappa shape index (κ2) is 7.99. The number of aliphatic imine (C=N–C) groups is 1. The van der Waals surface area contributed by atoms with Crippen LogP contribution in [-0.2, 0) is 9.53 Å². The molecule has 0 bridgehead atoms. The highest BCUT2D eigenvalue weighted by Gasteiger charge is 2.21. The molecule has 116 valence electrons. The Balaban J connectivity index is 3.24. The van der Waals surface area contributed by atoms with Gasteiger partial charge in [-0.2, -0.15) is 5.26 Å². The van der Waals surface area contributed by atoms with Crippen LogP contribution in [0.5, 0.6) is 0 Å². The summed E-state index contributed by atoms with van der Waals surface area (Å²) >= 11 is 17.5. The third kappa shape index (κ3) is 4.10. The zero-order valence-electron chi connectivity index (χ0n) is 11.1. The van der Waals surface area contributed by atoms with E-state index in [1.807, 2.05) is 0 Å². The van der Waals surface area contributed by atoms with E-state index in [-0.39, 0.29) is 27.4 Å². The molecule has 0 saturated heterocycles. The highest BCUT2D eigenvalue weighted by atomic mass is 35.5. The Kier molecular flexibility index (Phi) is 6.62. The van der Waals surface area contributed by atoms with E-state index < -0.39 is 23.4 Å². The number of carboxylic acids is 1. The Hall–Kier alpha value is -1.81. The number of aromatic carboxylic acids is 1. The first-order chi connectivity index (χ1) is 10.3. The first-order valence-electron chi connectivity index (χ1n) is 5.84. The number of rotatable bonds is 5. The molecule has 0 heterocycles. The molecule has 0 amide bonds. The molecule has 0 aliphatic heterocycles. The number of hydrogen-bond donors (Lipinski definition) is 1. The molecule has 6 nitrogen and oxygen atoms in total. The van der Waals surface area contributed by atoms with Gasteiger partial charge in [-0.05, 0) is 13.0 Å². The van der Waals surface area contributed by atoms with Crippen LogP contribution in [0.2, 0.25) is 15.1 Å². The summed E-state index contributed by atoms with van der Waals surface area (Å²) in [6.45, 7) is 1.71. The maximum absolute atomic E-state index is 11.5. The summed E-state index contributed by atoms with van der Waals surface area (Å²) in [5.41, 5.74) is -0.439. The van der Waals surface area contributed by atoms with Crippen LogP contribution in [0.3, 0.4) is 0 Å². The van der Waals surface area contributed by atoms with Gasteiger partial charge in [-0.3, -0.25) is 9.79 Å². The predicted molar refractivity (Wildman–Crippen MR) is 82.3 cm³/mol. The number of carbonyl (C=O) groups is 2. The van der Waals surface area contributed by atoms with E-state index in [1.165, 1.54) is 6.07 Å². The molecule has 0 spiro atoms. The molecule has 0 aliphatic carbocycles. The molecule has 0 fully saturated rings. The first kappa shape index (κ1) is 18.2. The van der Waals surface area contributed by atoms with Crippen LogP contribution < -0.4 is 0 Å². The fourth-order valence-corrected chi connectivity index (χ4v) is 2.16. The highest BCUT2D eigenvalue weighted by molar-refractivity contribution is 6.47. The van der Waals surface area contributed by atoms with Gasteiger partial charge < -0.3 is 9.84 Å². The number of nitrogens with zero attached hydrogens (tertiary/aromatic N) is 2. The zero-order valence-corrected chi connectivity index (χ0v) is 13.4. The van der Waals surface area contributed by atoms with E-state index in [1.54, 1.807) is 13.0 Å². The van der Waals surface area contributed by atoms with Crippen LogP contribution in [0.25, 0.3) is 0 Å². The molecule has 1 aromatic carbocycles. The second-order valence-corrected chi connectivity index (χ2v) is 4.99. The first-order valence-corrected chi connectivity index (χ1v) is 6.98. The van der Waals surface area contributed by atoms with Crippen molar-refractivity contribution >= 4 is 58.6 Å². The van der Waals surface area contributed by atoms with Gasteiger partial charge in [0.25, 0.3) is 0 Å². The summed E-state index contributed by atoms with van der Waals surface area (Å²) < 4.78 is 4.69. The zero-order chi connectivity index (χ0) is 16.9. The van der Waals surface area contributed by atoms with Crippen LogP contribution in [0.4, 0.5) is 5.69 Å². The van der Waals surface area contributed by atoms with E-state index in [0.717, 1.165) is 6.21 Å². The smallest absolute Gasteiger partial charge is 0.338 e. The summed E-state index contributed by atoms with van der Waals surface area (Å²) in [6.07, 6.45) is 0.995. The lowest BCUT2D eigenvalue weighted by atomic mass is 10.2. The minimum absolute atomic E-state index is 0.0296. The van der Waals surface area contributed by atoms with Gasteiger partial charge in [-0.1, -0.05) is 34.8 Å². The van der Waals surface area contributed by atoms with Gasteiger partial charge in [0.15, 0.2) is 5.92 Å². The molecule has 9 heteroatoms. The van der Waals surface area contributed by atoms with Gasteiger partial charge in [0.2, 0.25) is 0 Å². The van der Waals surface area contributed by atoms with Crippen molar-refractivity contribution in [3.8, 4) is 6.07 Å². The molecule has 1 rings (SSSR count). The lowest BCUT2D eigenvalue weighted by Gasteiger charge is -2.08. The average molecular weight is 364 g/mol. The maximum atomic E-state index is 11.5. The number of halogens is 3. The molecule has 0 radical (unpaired) electrons. The highest BCUT2D eigenvalue weighted by Crippen LogP contribution is 2.38.